The number of halogens is 5. The summed E-state index contributed by atoms with van der Waals surface area (Å²) in [4.78, 5) is 40.0. The molecule has 4 aromatic heterocycles. The third kappa shape index (κ3) is 6.63. The van der Waals surface area contributed by atoms with Crippen molar-refractivity contribution in [3.05, 3.63) is 59.1 Å². The lowest BCUT2D eigenvalue weighted by atomic mass is 9.95. The van der Waals surface area contributed by atoms with Crippen LogP contribution < -0.4 is 15.4 Å². The van der Waals surface area contributed by atoms with E-state index in [0.717, 1.165) is 19.4 Å². The van der Waals surface area contributed by atoms with Gasteiger partial charge in [0.05, 0.1) is 15.9 Å². The number of aromatic nitrogens is 6. The minimum atomic E-state index is -3.27. The highest BCUT2D eigenvalue weighted by Crippen LogP contribution is 2.41. The van der Waals surface area contributed by atoms with Crippen LogP contribution >= 0.6 is 11.6 Å². The summed E-state index contributed by atoms with van der Waals surface area (Å²) < 4.78 is 69.2. The number of anilines is 2. The summed E-state index contributed by atoms with van der Waals surface area (Å²) in [6, 6.07) is 6.80. The maximum atomic E-state index is 16.8. The van der Waals surface area contributed by atoms with Crippen LogP contribution in [-0.4, -0.2) is 104 Å². The van der Waals surface area contributed by atoms with E-state index in [1.54, 1.807) is 36.2 Å². The normalized spacial score (nSPS) is 20.6. The van der Waals surface area contributed by atoms with Crippen LogP contribution in [0, 0.1) is 11.7 Å². The summed E-state index contributed by atoms with van der Waals surface area (Å²) in [6.45, 7) is 3.09. The predicted molar refractivity (Wildman–Crippen MR) is 192 cm³/mol. The van der Waals surface area contributed by atoms with Gasteiger partial charge >= 0.3 is 11.9 Å². The van der Waals surface area contributed by atoms with E-state index in [2.05, 4.69) is 30.0 Å². The van der Waals surface area contributed by atoms with Gasteiger partial charge < -0.3 is 24.8 Å². The van der Waals surface area contributed by atoms with Gasteiger partial charge in [0.1, 0.15) is 41.3 Å². The van der Waals surface area contributed by atoms with Crippen molar-refractivity contribution in [3.8, 4) is 17.4 Å². The molecule has 3 saturated heterocycles. The summed E-state index contributed by atoms with van der Waals surface area (Å²) in [5.74, 6) is -4.89. The number of hydrogen-bond acceptors (Lipinski definition) is 12. The summed E-state index contributed by atoms with van der Waals surface area (Å²) in [6.07, 6.45) is 4.90. The highest BCUT2D eigenvalue weighted by Gasteiger charge is 2.49. The predicted octanol–water partition coefficient (Wildman–Crippen LogP) is 5.67. The number of carbonyl (C=O) groups is 1. The monoisotopic (exact) mass is 766 g/mol. The van der Waals surface area contributed by atoms with Gasteiger partial charge in [-0.15, -0.1) is 0 Å². The SMILES string of the molecule is CN(CC1CN(C(=O)/C=C/c2nc(C(C)(F)F)no2)C1)c1nc(OC[C@@]23CCCN2C[C@H](F)C3)nc2c(F)c(-c3nc(N)cc4cccc(Cl)c34)ncc12. The van der Waals surface area contributed by atoms with Gasteiger partial charge in [-0.2, -0.15) is 23.7 Å². The quantitative estimate of drug-likeness (QED) is 0.138. The zero-order valence-electron chi connectivity index (χ0n) is 29.3. The Balaban J connectivity index is 1.07. The topological polar surface area (TPSA) is 153 Å². The first kappa shape index (κ1) is 35.8. The molecular formula is C36H35ClF4N10O3. The maximum absolute atomic E-state index is 16.8. The summed E-state index contributed by atoms with van der Waals surface area (Å²) in [5, 5.41) is 5.04. The van der Waals surface area contributed by atoms with Crippen LogP contribution in [0.15, 0.2) is 41.1 Å². The molecule has 3 fully saturated rings. The third-order valence-electron chi connectivity index (χ3n) is 10.3. The Morgan fingerprint density at radius 2 is 2.02 bits per heavy atom. The summed E-state index contributed by atoms with van der Waals surface area (Å²) in [5.41, 5.74) is 5.61. The van der Waals surface area contributed by atoms with Gasteiger partial charge in [-0.25, -0.2) is 13.8 Å². The van der Waals surface area contributed by atoms with Crippen molar-refractivity contribution >= 4 is 56.9 Å². The maximum Gasteiger partial charge on any atom is 0.319 e. The van der Waals surface area contributed by atoms with Crippen LogP contribution in [0.5, 0.6) is 6.01 Å². The van der Waals surface area contributed by atoms with Crippen LogP contribution in [0.4, 0.5) is 29.2 Å². The van der Waals surface area contributed by atoms with E-state index in [1.807, 2.05) is 4.90 Å². The van der Waals surface area contributed by atoms with Crippen LogP contribution in [0.1, 0.15) is 37.9 Å². The number of pyridine rings is 2. The lowest BCUT2D eigenvalue weighted by molar-refractivity contribution is -0.131. The highest BCUT2D eigenvalue weighted by molar-refractivity contribution is 6.36. The molecule has 0 radical (unpaired) electrons. The molecule has 0 bridgehead atoms. The van der Waals surface area contributed by atoms with Gasteiger partial charge in [-0.05, 0) is 36.9 Å². The Bertz CT molecular complexity index is 2300. The van der Waals surface area contributed by atoms with Crippen molar-refractivity contribution in [1.29, 1.82) is 0 Å². The number of fused-ring (bicyclic) bond motifs is 3. The van der Waals surface area contributed by atoms with Gasteiger partial charge in [-0.3, -0.25) is 14.7 Å². The van der Waals surface area contributed by atoms with Gasteiger partial charge in [0.25, 0.3) is 5.89 Å². The van der Waals surface area contributed by atoms with Crippen molar-refractivity contribution in [2.75, 3.05) is 57.0 Å². The lowest BCUT2D eigenvalue weighted by Gasteiger charge is -2.40. The molecule has 7 heterocycles. The zero-order chi connectivity index (χ0) is 37.9. The fourth-order valence-corrected chi connectivity index (χ4v) is 7.99. The van der Waals surface area contributed by atoms with Crippen molar-refractivity contribution in [2.45, 2.75) is 43.8 Å². The molecule has 2 atom stereocenters. The molecule has 0 spiro atoms. The molecule has 1 aromatic carbocycles. The average Bonchev–Trinajstić information content (AvgIpc) is 3.82. The molecule has 13 nitrogen and oxygen atoms in total. The second kappa shape index (κ2) is 13.6. The molecule has 0 saturated carbocycles. The van der Waals surface area contributed by atoms with Crippen molar-refractivity contribution in [2.24, 2.45) is 5.92 Å². The van der Waals surface area contributed by atoms with Crippen LogP contribution in [-0.2, 0) is 10.7 Å². The number of nitrogens with zero attached hydrogens (tertiary/aromatic N) is 9. The van der Waals surface area contributed by atoms with Crippen molar-refractivity contribution in [3.63, 3.8) is 0 Å². The first-order valence-electron chi connectivity index (χ1n) is 17.4. The first-order valence-corrected chi connectivity index (χ1v) is 17.8. The Hall–Kier alpha value is -5.16. The number of rotatable bonds is 10. The molecule has 2 N–H and O–H groups in total. The molecule has 5 aromatic rings. The van der Waals surface area contributed by atoms with Crippen LogP contribution in [0.3, 0.4) is 0 Å². The van der Waals surface area contributed by atoms with Crippen LogP contribution in [0.25, 0.3) is 39.1 Å². The number of hydrogen-bond donors (Lipinski definition) is 1. The van der Waals surface area contributed by atoms with E-state index in [-0.39, 0.29) is 53.1 Å². The minimum Gasteiger partial charge on any atom is -0.461 e. The molecule has 282 valence electrons. The highest BCUT2D eigenvalue weighted by atomic mass is 35.5. The Morgan fingerprint density at radius 1 is 1.20 bits per heavy atom. The number of carbonyl (C=O) groups excluding carboxylic acids is 1. The molecular weight excluding hydrogens is 732 g/mol. The van der Waals surface area contributed by atoms with E-state index in [9.17, 15) is 18.0 Å². The second-order valence-electron chi connectivity index (χ2n) is 14.3. The fraction of sp³-hybridized carbons (Fsp3) is 0.417. The minimum absolute atomic E-state index is 0.00326. The summed E-state index contributed by atoms with van der Waals surface area (Å²) in [7, 11) is 1.78. The Morgan fingerprint density at radius 3 is 2.80 bits per heavy atom. The zero-order valence-corrected chi connectivity index (χ0v) is 30.0. The Kier molecular flexibility index (Phi) is 9.03. The molecule has 3 aliphatic heterocycles. The van der Waals surface area contributed by atoms with E-state index in [1.165, 1.54) is 18.3 Å². The smallest absolute Gasteiger partial charge is 0.319 e. The number of likely N-dealkylation sites (tertiary alicyclic amines) is 1. The largest absolute Gasteiger partial charge is 0.461 e. The van der Waals surface area contributed by atoms with Gasteiger partial charge in [-0.1, -0.05) is 28.9 Å². The molecule has 3 aliphatic rings. The number of alkyl halides is 3. The third-order valence-corrected chi connectivity index (χ3v) is 10.6. The molecule has 8 rings (SSSR count). The van der Waals surface area contributed by atoms with E-state index >= 15 is 4.39 Å². The summed E-state index contributed by atoms with van der Waals surface area (Å²) >= 11 is 6.57. The molecule has 0 aliphatic carbocycles. The van der Waals surface area contributed by atoms with E-state index in [0.29, 0.717) is 66.5 Å². The number of ether oxygens (including phenoxy) is 1. The Labute approximate surface area is 311 Å². The first-order chi connectivity index (χ1) is 25.8. The van der Waals surface area contributed by atoms with E-state index in [4.69, 9.17) is 31.6 Å². The molecule has 1 amide bonds. The van der Waals surface area contributed by atoms with Crippen molar-refractivity contribution < 1.29 is 31.6 Å². The lowest BCUT2D eigenvalue weighted by Crippen LogP contribution is -2.53. The second-order valence-corrected chi connectivity index (χ2v) is 14.7. The number of nitrogens with two attached hydrogens (primary N) is 1. The van der Waals surface area contributed by atoms with Crippen LogP contribution in [0.2, 0.25) is 5.02 Å². The molecule has 0 unspecified atom stereocenters. The number of nitrogen functional groups attached to an aromatic ring is 1. The molecule has 18 heteroatoms. The standard InChI is InChI=1S/C36H35ClF4N10O3/c1-35(40,41)33-45-25(54-48-33)7-8-26(52)50-15-19(16-50)14-49(2)32-22-13-43-31(30-27-20(11-24(42)44-30)5-3-6-23(27)37)28(39)29(22)46-34(47-32)53-18-36-9-4-10-51(36)17-21(38)12-36/h3,5-8,11,13,19,21H,4,9-10,12,14-18H2,1-2H3,(H2,42,44)/b8-7+/t21-,36+/m1/s1. The molecule has 54 heavy (non-hydrogen) atoms. The fourth-order valence-electron chi connectivity index (χ4n) is 7.72. The average molecular weight is 767 g/mol. The number of benzene rings is 1. The van der Waals surface area contributed by atoms with Gasteiger partial charge in [0, 0.05) is 76.2 Å². The number of amides is 1. The van der Waals surface area contributed by atoms with Gasteiger partial charge in [0.2, 0.25) is 11.7 Å². The van der Waals surface area contributed by atoms with E-state index < -0.39 is 29.3 Å². The van der Waals surface area contributed by atoms with Crippen molar-refractivity contribution in [1.82, 2.24) is 39.9 Å². The van der Waals surface area contributed by atoms with Gasteiger partial charge in [0.15, 0.2) is 5.82 Å².